The summed E-state index contributed by atoms with van der Waals surface area (Å²) in [5.74, 6) is -0.432. The van der Waals surface area contributed by atoms with Gasteiger partial charge in [0, 0.05) is 41.3 Å². The molecular formula is C15H11N3O2S. The molecule has 104 valence electrons. The quantitative estimate of drug-likeness (QED) is 0.780. The van der Waals surface area contributed by atoms with Crippen molar-refractivity contribution in [3.05, 3.63) is 70.1 Å². The fourth-order valence-electron chi connectivity index (χ4n) is 1.85. The fourth-order valence-corrected chi connectivity index (χ4v) is 2.50. The van der Waals surface area contributed by atoms with Crippen LogP contribution in [0.3, 0.4) is 0 Å². The van der Waals surface area contributed by atoms with Gasteiger partial charge in [-0.2, -0.15) is 0 Å². The Labute approximate surface area is 124 Å². The average molecular weight is 297 g/mol. The van der Waals surface area contributed by atoms with Crippen LogP contribution in [0.4, 0.5) is 5.69 Å². The monoisotopic (exact) mass is 297 g/mol. The van der Waals surface area contributed by atoms with Crippen molar-refractivity contribution in [1.82, 2.24) is 9.97 Å². The smallest absolute Gasteiger partial charge is 0.261 e. The molecule has 0 bridgehead atoms. The first-order chi connectivity index (χ1) is 10.2. The van der Waals surface area contributed by atoms with Crippen LogP contribution in [0.1, 0.15) is 10.4 Å². The zero-order chi connectivity index (χ0) is 14.7. The molecule has 0 fully saturated rings. The highest BCUT2D eigenvalue weighted by molar-refractivity contribution is 7.13. The van der Waals surface area contributed by atoms with Crippen LogP contribution in [0, 0.1) is 0 Å². The molecule has 3 rings (SSSR count). The number of aromatic nitrogens is 2. The highest BCUT2D eigenvalue weighted by Crippen LogP contribution is 2.23. The van der Waals surface area contributed by atoms with Gasteiger partial charge in [0.05, 0.1) is 0 Å². The Morgan fingerprint density at radius 2 is 2.00 bits per heavy atom. The zero-order valence-corrected chi connectivity index (χ0v) is 11.7. The molecule has 0 saturated heterocycles. The van der Waals surface area contributed by atoms with Gasteiger partial charge in [0.2, 0.25) is 0 Å². The minimum absolute atomic E-state index is 0.0847. The van der Waals surface area contributed by atoms with E-state index in [0.29, 0.717) is 5.69 Å². The predicted octanol–water partition coefficient (Wildman–Crippen LogP) is 2.75. The molecule has 0 atom stereocenters. The highest BCUT2D eigenvalue weighted by atomic mass is 32.1. The topological polar surface area (TPSA) is 74.8 Å². The van der Waals surface area contributed by atoms with Crippen molar-refractivity contribution in [2.75, 3.05) is 5.32 Å². The Bertz CT molecular complexity index is 807. The van der Waals surface area contributed by atoms with Crippen LogP contribution in [0.2, 0.25) is 0 Å². The minimum Gasteiger partial charge on any atom is -0.367 e. The molecule has 6 heteroatoms. The van der Waals surface area contributed by atoms with E-state index in [1.807, 2.05) is 17.5 Å². The van der Waals surface area contributed by atoms with Crippen LogP contribution in [-0.4, -0.2) is 15.9 Å². The van der Waals surface area contributed by atoms with Gasteiger partial charge in [0.1, 0.15) is 10.6 Å². The Morgan fingerprint density at radius 3 is 2.67 bits per heavy atom. The van der Waals surface area contributed by atoms with Crippen molar-refractivity contribution in [3.63, 3.8) is 0 Å². The lowest BCUT2D eigenvalue weighted by atomic mass is 10.2. The summed E-state index contributed by atoms with van der Waals surface area (Å²) in [4.78, 5) is 30.5. The number of nitrogens with one attached hydrogen (secondary N) is 2. The highest BCUT2D eigenvalue weighted by Gasteiger charge is 2.09. The number of hydrogen-bond donors (Lipinski definition) is 2. The van der Waals surface area contributed by atoms with E-state index >= 15 is 0 Å². The normalized spacial score (nSPS) is 10.3. The maximum absolute atomic E-state index is 12.0. The van der Waals surface area contributed by atoms with Crippen molar-refractivity contribution < 1.29 is 4.79 Å². The van der Waals surface area contributed by atoms with E-state index in [0.717, 1.165) is 10.6 Å². The van der Waals surface area contributed by atoms with Crippen LogP contribution < -0.4 is 10.7 Å². The molecule has 2 aromatic heterocycles. The Morgan fingerprint density at radius 1 is 1.19 bits per heavy atom. The molecule has 0 aliphatic rings. The lowest BCUT2D eigenvalue weighted by molar-refractivity contribution is 0.102. The van der Waals surface area contributed by atoms with Crippen molar-refractivity contribution in [2.45, 2.75) is 0 Å². The van der Waals surface area contributed by atoms with Crippen LogP contribution in [-0.2, 0) is 0 Å². The number of pyridine rings is 1. The van der Waals surface area contributed by atoms with E-state index in [1.165, 1.54) is 18.5 Å². The van der Waals surface area contributed by atoms with Gasteiger partial charge in [0.25, 0.3) is 5.91 Å². The Balaban J connectivity index is 1.78. The molecule has 21 heavy (non-hydrogen) atoms. The number of anilines is 1. The first-order valence-corrected chi connectivity index (χ1v) is 7.10. The lowest BCUT2D eigenvalue weighted by Crippen LogP contribution is -2.20. The average Bonchev–Trinajstić information content (AvgIpc) is 3.02. The summed E-state index contributed by atoms with van der Waals surface area (Å²) in [5, 5.41) is 5.53. The van der Waals surface area contributed by atoms with Crippen LogP contribution in [0.5, 0.6) is 0 Å². The number of hydrogen-bond acceptors (Lipinski definition) is 4. The third-order valence-electron chi connectivity index (χ3n) is 2.89. The van der Waals surface area contributed by atoms with Gasteiger partial charge in [-0.25, -0.2) is 4.98 Å². The number of benzene rings is 1. The molecule has 0 radical (unpaired) electrons. The Kier molecular flexibility index (Phi) is 3.61. The summed E-state index contributed by atoms with van der Waals surface area (Å²) in [5.41, 5.74) is 1.39. The molecule has 0 saturated carbocycles. The first kappa shape index (κ1) is 13.3. The summed E-state index contributed by atoms with van der Waals surface area (Å²) >= 11 is 1.55. The van der Waals surface area contributed by atoms with Crippen LogP contribution in [0.15, 0.2) is 59.1 Å². The molecule has 5 nitrogen and oxygen atoms in total. The number of nitrogens with zero attached hydrogens (tertiary/aromatic N) is 1. The maximum atomic E-state index is 12.0. The number of aromatic amines is 1. The van der Waals surface area contributed by atoms with Crippen LogP contribution in [0.25, 0.3) is 10.6 Å². The second kappa shape index (κ2) is 5.72. The molecule has 0 aliphatic heterocycles. The number of amides is 1. The minimum atomic E-state index is -0.432. The van der Waals surface area contributed by atoms with E-state index in [9.17, 15) is 9.59 Å². The van der Waals surface area contributed by atoms with E-state index in [-0.39, 0.29) is 11.0 Å². The van der Waals surface area contributed by atoms with E-state index < -0.39 is 5.91 Å². The third kappa shape index (κ3) is 2.90. The summed E-state index contributed by atoms with van der Waals surface area (Å²) in [6.45, 7) is 0. The molecular weight excluding hydrogens is 286 g/mol. The predicted molar refractivity (Wildman–Crippen MR) is 82.6 cm³/mol. The van der Waals surface area contributed by atoms with Crippen molar-refractivity contribution in [1.29, 1.82) is 0 Å². The second-order valence-electron chi connectivity index (χ2n) is 4.29. The zero-order valence-electron chi connectivity index (χ0n) is 10.9. The van der Waals surface area contributed by atoms with Crippen molar-refractivity contribution >= 4 is 22.9 Å². The lowest BCUT2D eigenvalue weighted by Gasteiger charge is -2.05. The third-order valence-corrected chi connectivity index (χ3v) is 3.71. The summed E-state index contributed by atoms with van der Waals surface area (Å²) < 4.78 is 0. The van der Waals surface area contributed by atoms with Gasteiger partial charge in [-0.05, 0) is 24.3 Å². The SMILES string of the molecule is O=C(Nc1ccc(-c2nccs2)cc1)c1c[nH]ccc1=O. The first-order valence-electron chi connectivity index (χ1n) is 6.22. The van der Waals surface area contributed by atoms with Gasteiger partial charge in [-0.1, -0.05) is 0 Å². The van der Waals surface area contributed by atoms with E-state index in [4.69, 9.17) is 0 Å². The van der Waals surface area contributed by atoms with Crippen LogP contribution >= 0.6 is 11.3 Å². The molecule has 0 aliphatic carbocycles. The van der Waals surface area contributed by atoms with E-state index in [1.54, 1.807) is 29.7 Å². The van der Waals surface area contributed by atoms with Crippen molar-refractivity contribution in [3.8, 4) is 10.6 Å². The Hall–Kier alpha value is -2.73. The maximum Gasteiger partial charge on any atom is 0.261 e. The molecule has 2 heterocycles. The molecule has 0 unspecified atom stereocenters. The molecule has 1 aromatic carbocycles. The van der Waals surface area contributed by atoms with Gasteiger partial charge in [-0.3, -0.25) is 9.59 Å². The van der Waals surface area contributed by atoms with E-state index in [2.05, 4.69) is 15.3 Å². The number of rotatable bonds is 3. The standard InChI is InChI=1S/C15H11N3O2S/c19-13-5-6-16-9-12(13)14(20)18-11-3-1-10(2-4-11)15-17-7-8-21-15/h1-9H,(H,16,19)(H,18,20). The van der Waals surface area contributed by atoms with Gasteiger partial charge in [-0.15, -0.1) is 11.3 Å². The number of carbonyl (C=O) groups excluding carboxylic acids is 1. The van der Waals surface area contributed by atoms with Crippen molar-refractivity contribution in [2.24, 2.45) is 0 Å². The largest absolute Gasteiger partial charge is 0.367 e. The molecule has 3 aromatic rings. The summed E-state index contributed by atoms with van der Waals surface area (Å²) in [6.07, 6.45) is 4.63. The molecule has 0 spiro atoms. The number of H-pyrrole nitrogens is 1. The van der Waals surface area contributed by atoms with Gasteiger partial charge >= 0.3 is 0 Å². The van der Waals surface area contributed by atoms with Gasteiger partial charge < -0.3 is 10.3 Å². The summed E-state index contributed by atoms with van der Waals surface area (Å²) in [6, 6.07) is 8.64. The van der Waals surface area contributed by atoms with Gasteiger partial charge in [0.15, 0.2) is 5.43 Å². The second-order valence-corrected chi connectivity index (χ2v) is 5.19. The fraction of sp³-hybridized carbons (Fsp3) is 0. The molecule has 2 N–H and O–H groups in total. The number of carbonyl (C=O) groups is 1. The molecule has 1 amide bonds. The number of thiazole rings is 1. The summed E-state index contributed by atoms with van der Waals surface area (Å²) in [7, 11) is 0.